The van der Waals surface area contributed by atoms with Crippen LogP contribution in [0, 0.1) is 0 Å². The predicted molar refractivity (Wildman–Crippen MR) is 122 cm³/mol. The number of ether oxygens (including phenoxy) is 3. The minimum absolute atomic E-state index is 0.101. The fourth-order valence-electron chi connectivity index (χ4n) is 6.37. The molecule has 168 valence electrons. The third-order valence-corrected chi connectivity index (χ3v) is 7.79. The van der Waals surface area contributed by atoms with Crippen LogP contribution >= 0.6 is 0 Å². The second-order valence-electron chi connectivity index (χ2n) is 9.24. The van der Waals surface area contributed by atoms with E-state index in [0.29, 0.717) is 24.3 Å². The number of methoxy groups -OCH3 is 1. The predicted octanol–water partition coefficient (Wildman–Crippen LogP) is 3.09. The molecule has 0 saturated carbocycles. The van der Waals surface area contributed by atoms with Gasteiger partial charge in [-0.3, -0.25) is 9.69 Å². The van der Waals surface area contributed by atoms with Crippen molar-refractivity contribution in [1.82, 2.24) is 4.90 Å². The van der Waals surface area contributed by atoms with Gasteiger partial charge < -0.3 is 14.2 Å². The Labute approximate surface area is 192 Å². The molecular formula is C27H25NO5. The van der Waals surface area contributed by atoms with Gasteiger partial charge in [-0.2, -0.15) is 0 Å². The van der Waals surface area contributed by atoms with E-state index in [9.17, 15) is 9.59 Å². The number of likely N-dealkylation sites (tertiary alicyclic amines) is 1. The maximum atomic E-state index is 13.2. The van der Waals surface area contributed by atoms with E-state index in [2.05, 4.69) is 18.0 Å². The normalized spacial score (nSPS) is 31.3. The lowest BCUT2D eigenvalue weighted by molar-refractivity contribution is -0.185. The summed E-state index contributed by atoms with van der Waals surface area (Å²) in [6, 6.07) is 13.5. The first kappa shape index (κ1) is 20.2. The molecule has 2 aromatic carbocycles. The summed E-state index contributed by atoms with van der Waals surface area (Å²) in [5, 5.41) is 0. The van der Waals surface area contributed by atoms with Crippen LogP contribution in [0.25, 0.3) is 6.08 Å². The van der Waals surface area contributed by atoms with Crippen LogP contribution in [-0.2, 0) is 26.2 Å². The molecule has 1 fully saturated rings. The molecule has 33 heavy (non-hydrogen) atoms. The monoisotopic (exact) mass is 443 g/mol. The average Bonchev–Trinajstić information content (AvgIpc) is 3.19. The second-order valence-corrected chi connectivity index (χ2v) is 9.24. The molecule has 4 atom stereocenters. The van der Waals surface area contributed by atoms with Gasteiger partial charge in [-0.05, 0) is 61.9 Å². The number of carbonyl (C=O) groups is 2. The summed E-state index contributed by atoms with van der Waals surface area (Å²) in [6.07, 6.45) is 7.16. The van der Waals surface area contributed by atoms with Crippen LogP contribution in [0.15, 0.2) is 60.7 Å². The number of carbonyl (C=O) groups excluding carboxylic acids is 2. The summed E-state index contributed by atoms with van der Waals surface area (Å²) in [4.78, 5) is 28.6. The maximum Gasteiger partial charge on any atom is 0.331 e. The molecule has 6 rings (SSSR count). The van der Waals surface area contributed by atoms with Crippen molar-refractivity contribution in [2.45, 2.75) is 36.0 Å². The summed E-state index contributed by atoms with van der Waals surface area (Å²) in [6.45, 7) is 0.779. The molecular weight excluding hydrogens is 418 g/mol. The summed E-state index contributed by atoms with van der Waals surface area (Å²) < 4.78 is 18.3. The molecule has 2 heterocycles. The summed E-state index contributed by atoms with van der Waals surface area (Å²) in [5.74, 6) is 0.680. The van der Waals surface area contributed by atoms with Gasteiger partial charge in [0.05, 0.1) is 18.6 Å². The number of benzene rings is 2. The number of piperidine rings is 1. The molecule has 0 radical (unpaired) electrons. The molecule has 2 aromatic rings. The quantitative estimate of drug-likeness (QED) is 0.535. The zero-order valence-electron chi connectivity index (χ0n) is 18.6. The topological polar surface area (TPSA) is 65.1 Å². The van der Waals surface area contributed by atoms with E-state index in [4.69, 9.17) is 14.2 Å². The van der Waals surface area contributed by atoms with Crippen molar-refractivity contribution in [3.8, 4) is 11.5 Å². The van der Waals surface area contributed by atoms with Gasteiger partial charge in [0.15, 0.2) is 29.0 Å². The standard InChI is InChI=1S/C27H25NO5/c1-28-15-14-26-23-18-9-10-20(31-2)24(23)32-25(26)19(29)12-13-27(26,21(28)16-18)33-22(30)11-8-17-6-4-3-5-7-17/h3-13,21,25H,14-16H2,1-2H3/b11-8+/t21-,25+,26+,27-/m1/s1. The van der Waals surface area contributed by atoms with Gasteiger partial charge in [0.1, 0.15) is 0 Å². The lowest BCUT2D eigenvalue weighted by atomic mass is 9.50. The van der Waals surface area contributed by atoms with E-state index < -0.39 is 23.1 Å². The Hall–Kier alpha value is -3.38. The van der Waals surface area contributed by atoms with Crippen molar-refractivity contribution in [2.75, 3.05) is 20.7 Å². The van der Waals surface area contributed by atoms with E-state index >= 15 is 0 Å². The van der Waals surface area contributed by atoms with E-state index in [1.807, 2.05) is 42.5 Å². The van der Waals surface area contributed by atoms with Gasteiger partial charge in [0.25, 0.3) is 0 Å². The molecule has 0 amide bonds. The zero-order valence-corrected chi connectivity index (χ0v) is 18.6. The van der Waals surface area contributed by atoms with Gasteiger partial charge in [0, 0.05) is 11.6 Å². The molecule has 1 saturated heterocycles. The second kappa shape index (κ2) is 7.06. The van der Waals surface area contributed by atoms with Crippen molar-refractivity contribution in [2.24, 2.45) is 0 Å². The summed E-state index contributed by atoms with van der Waals surface area (Å²) >= 11 is 0. The molecule has 4 aliphatic rings. The Balaban J connectivity index is 1.50. The Kier molecular flexibility index (Phi) is 4.33. The first-order chi connectivity index (χ1) is 16.0. The SMILES string of the molecule is COc1ccc2c3c1O[C@H]1C(=O)C=C[C@@]4(OC(=O)/C=C/c5ccccc5)[C@@H](C2)N(C)CC[C@]314. The minimum atomic E-state index is -1.01. The van der Waals surface area contributed by atoms with Crippen LogP contribution in [0.3, 0.4) is 0 Å². The Morgan fingerprint density at radius 2 is 2.03 bits per heavy atom. The zero-order chi connectivity index (χ0) is 22.8. The van der Waals surface area contributed by atoms with Gasteiger partial charge in [0.2, 0.25) is 0 Å². The van der Waals surface area contributed by atoms with Crippen LogP contribution < -0.4 is 9.47 Å². The molecule has 0 N–H and O–H groups in total. The van der Waals surface area contributed by atoms with Gasteiger partial charge in [-0.25, -0.2) is 4.79 Å². The van der Waals surface area contributed by atoms with Gasteiger partial charge in [-0.15, -0.1) is 0 Å². The largest absolute Gasteiger partial charge is 0.493 e. The molecule has 0 aromatic heterocycles. The molecule has 2 aliphatic carbocycles. The average molecular weight is 443 g/mol. The first-order valence-electron chi connectivity index (χ1n) is 11.3. The fourth-order valence-corrected chi connectivity index (χ4v) is 6.37. The molecule has 0 unspecified atom stereocenters. The van der Waals surface area contributed by atoms with Crippen LogP contribution in [0.1, 0.15) is 23.1 Å². The first-order valence-corrected chi connectivity index (χ1v) is 11.3. The van der Waals surface area contributed by atoms with Crippen LogP contribution in [0.2, 0.25) is 0 Å². The highest BCUT2D eigenvalue weighted by molar-refractivity contribution is 5.99. The number of likely N-dealkylation sites (N-methyl/N-ethyl adjacent to an activating group) is 1. The van der Waals surface area contributed by atoms with E-state index in [0.717, 1.165) is 23.2 Å². The van der Waals surface area contributed by atoms with E-state index in [1.54, 1.807) is 13.2 Å². The third kappa shape index (κ3) is 2.58. The fraction of sp³-hybridized carbons (Fsp3) is 0.333. The van der Waals surface area contributed by atoms with Crippen molar-refractivity contribution in [3.63, 3.8) is 0 Å². The number of hydrogen-bond donors (Lipinski definition) is 0. The number of nitrogens with zero attached hydrogens (tertiary/aromatic N) is 1. The lowest BCUT2D eigenvalue weighted by Crippen LogP contribution is -2.75. The minimum Gasteiger partial charge on any atom is -0.493 e. The molecule has 6 nitrogen and oxygen atoms in total. The lowest BCUT2D eigenvalue weighted by Gasteiger charge is -2.61. The Bertz CT molecular complexity index is 1220. The van der Waals surface area contributed by atoms with Crippen molar-refractivity contribution < 1.29 is 23.8 Å². The highest BCUT2D eigenvalue weighted by Gasteiger charge is 2.74. The maximum absolute atomic E-state index is 13.2. The van der Waals surface area contributed by atoms with Crippen molar-refractivity contribution in [1.29, 1.82) is 0 Å². The molecule has 2 aliphatic heterocycles. The third-order valence-electron chi connectivity index (χ3n) is 7.79. The van der Waals surface area contributed by atoms with Crippen LogP contribution in [0.4, 0.5) is 0 Å². The van der Waals surface area contributed by atoms with Crippen LogP contribution in [-0.4, -0.2) is 55.1 Å². The number of rotatable bonds is 4. The molecule has 2 bridgehead atoms. The summed E-state index contributed by atoms with van der Waals surface area (Å²) in [7, 11) is 3.65. The molecule has 6 heteroatoms. The smallest absolute Gasteiger partial charge is 0.331 e. The molecule has 1 spiro atoms. The highest BCUT2D eigenvalue weighted by atomic mass is 16.6. The van der Waals surface area contributed by atoms with E-state index in [1.165, 1.54) is 12.2 Å². The number of hydrogen-bond acceptors (Lipinski definition) is 6. The van der Waals surface area contributed by atoms with E-state index in [-0.39, 0.29) is 11.8 Å². The van der Waals surface area contributed by atoms with Crippen molar-refractivity contribution in [3.05, 3.63) is 77.4 Å². The number of esters is 1. The Morgan fingerprint density at radius 3 is 2.82 bits per heavy atom. The van der Waals surface area contributed by atoms with Gasteiger partial charge >= 0.3 is 5.97 Å². The summed E-state index contributed by atoms with van der Waals surface area (Å²) in [5.41, 5.74) is 1.22. The van der Waals surface area contributed by atoms with Crippen molar-refractivity contribution >= 4 is 17.8 Å². The highest BCUT2D eigenvalue weighted by Crippen LogP contribution is 2.64. The van der Waals surface area contributed by atoms with Gasteiger partial charge in [-0.1, -0.05) is 36.4 Å². The van der Waals surface area contributed by atoms with Crippen LogP contribution in [0.5, 0.6) is 11.5 Å². The number of ketones is 1. The Morgan fingerprint density at radius 1 is 1.21 bits per heavy atom.